The smallest absolute Gasteiger partial charge is 0.387 e. The maximum Gasteiger partial charge on any atom is 0.490 e. The summed E-state index contributed by atoms with van der Waals surface area (Å²) in [6.07, 6.45) is -7.97. The van der Waals surface area contributed by atoms with Gasteiger partial charge in [-0.1, -0.05) is 0 Å². The maximum atomic E-state index is 12.4. The van der Waals surface area contributed by atoms with Gasteiger partial charge in [0, 0.05) is 0 Å². The van der Waals surface area contributed by atoms with Gasteiger partial charge in [-0.2, -0.15) is 8.62 Å². The van der Waals surface area contributed by atoms with Gasteiger partial charge in [0.25, 0.3) is 0 Å². The fourth-order valence-corrected chi connectivity index (χ4v) is 8.49. The lowest BCUT2D eigenvalue weighted by Gasteiger charge is -2.21. The van der Waals surface area contributed by atoms with Crippen molar-refractivity contribution < 1.29 is 75.9 Å². The first-order valence-corrected chi connectivity index (χ1v) is 18.0. The van der Waals surface area contributed by atoms with Gasteiger partial charge in [-0.15, -0.1) is 0 Å². The number of phosphoric ester groups is 2. The highest BCUT2D eigenvalue weighted by molar-refractivity contribution is 7.66. The summed E-state index contributed by atoms with van der Waals surface area (Å²) in [5, 5.41) is 41.8. The van der Waals surface area contributed by atoms with Crippen molar-refractivity contribution in [1.82, 2.24) is 45.2 Å². The van der Waals surface area contributed by atoms with Gasteiger partial charge < -0.3 is 62.2 Å². The Morgan fingerprint density at radius 1 is 0.640 bits per heavy atom. The Morgan fingerprint density at radius 2 is 1.02 bits per heavy atom. The summed E-state index contributed by atoms with van der Waals surface area (Å²) in [7, 11) is -17.2. The number of rotatable bonds is 12. The largest absolute Gasteiger partial charge is 0.490 e. The summed E-state index contributed by atoms with van der Waals surface area (Å²) in [5.74, 6) is 0.0316. The van der Waals surface area contributed by atoms with Crippen LogP contribution in [0.3, 0.4) is 0 Å². The highest BCUT2D eigenvalue weighted by Crippen LogP contribution is 2.67. The van der Waals surface area contributed by atoms with Gasteiger partial charge in [0.2, 0.25) is 0 Å². The van der Waals surface area contributed by atoms with E-state index in [1.807, 2.05) is 0 Å². The Kier molecular flexibility index (Phi) is 10.7. The number of aliphatic hydroxyl groups excluding tert-OH is 4. The number of aliphatic hydroxyl groups is 4. The van der Waals surface area contributed by atoms with Crippen molar-refractivity contribution in [2.45, 2.75) is 49.1 Å². The number of nitrogens with two attached hydrogens (primary N) is 2. The maximum absolute atomic E-state index is 12.4. The zero-order valence-corrected chi connectivity index (χ0v) is 27.6. The summed E-state index contributed by atoms with van der Waals surface area (Å²) < 4.78 is 67.9. The van der Waals surface area contributed by atoms with Crippen molar-refractivity contribution in [3.05, 3.63) is 25.3 Å². The van der Waals surface area contributed by atoms with Crippen molar-refractivity contribution in [2.75, 3.05) is 24.7 Å². The summed E-state index contributed by atoms with van der Waals surface area (Å²) >= 11 is 0. The lowest BCUT2D eigenvalue weighted by atomic mass is 10.1. The monoisotopic (exact) mass is 773 g/mol. The third-order valence-electron chi connectivity index (χ3n) is 7.21. The molecule has 30 heteroatoms. The Morgan fingerprint density at radius 3 is 1.40 bits per heavy atom. The third-order valence-corrected chi connectivity index (χ3v) is 11.5. The molecule has 0 radical (unpaired) electrons. The Balaban J connectivity index is 0.00000486. The lowest BCUT2D eigenvalue weighted by molar-refractivity contribution is -0.0510. The first-order valence-electron chi connectivity index (χ1n) is 13.6. The summed E-state index contributed by atoms with van der Waals surface area (Å²) in [6, 6.07) is 0. The number of hydrogen-bond donors (Lipinski definition) is 10. The van der Waals surface area contributed by atoms with Crippen LogP contribution in [0, 0.1) is 0 Å². The molecule has 6 heterocycles. The number of fused-ring (bicyclic) bond motifs is 2. The molecule has 14 N–H and O–H groups in total. The van der Waals surface area contributed by atoms with Crippen LogP contribution in [0.2, 0.25) is 0 Å². The van der Waals surface area contributed by atoms with Crippen LogP contribution in [-0.4, -0.2) is 124 Å². The average Bonchev–Trinajstić information content (AvgIpc) is 3.77. The van der Waals surface area contributed by atoms with Gasteiger partial charge in [0.1, 0.15) is 60.3 Å². The topological polar surface area (TPSA) is 422 Å². The molecule has 0 aliphatic carbocycles. The normalized spacial score (nSPS) is 30.5. The quantitative estimate of drug-likeness (QED) is 0.0671. The second-order valence-corrected chi connectivity index (χ2v) is 15.1. The van der Waals surface area contributed by atoms with Crippen molar-refractivity contribution in [2.24, 2.45) is 0 Å². The van der Waals surface area contributed by atoms with Crippen LogP contribution in [0.4, 0.5) is 11.6 Å². The highest BCUT2D eigenvalue weighted by Gasteiger charge is 2.49. The van der Waals surface area contributed by atoms with Crippen LogP contribution in [-0.2, 0) is 40.8 Å². The minimum absolute atomic E-state index is 0. The predicted octanol–water partition coefficient (Wildman–Crippen LogP) is -2.40. The number of nitrogen functional groups attached to an aromatic ring is 2. The van der Waals surface area contributed by atoms with E-state index in [2.05, 4.69) is 47.6 Å². The molecule has 50 heavy (non-hydrogen) atoms. The van der Waals surface area contributed by atoms with Gasteiger partial charge in [-0.05, 0) is 0 Å². The van der Waals surface area contributed by atoms with Crippen LogP contribution in [0.15, 0.2) is 25.3 Å². The third kappa shape index (κ3) is 7.55. The second-order valence-electron chi connectivity index (χ2n) is 10.4. The molecule has 10 atom stereocenters. The number of hydrogen-bond acceptors (Lipinski definition) is 22. The van der Waals surface area contributed by atoms with E-state index in [0.29, 0.717) is 0 Å². The van der Waals surface area contributed by atoms with Gasteiger partial charge >= 0.3 is 23.5 Å². The molecule has 0 saturated carbocycles. The Hall–Kier alpha value is -3.17. The minimum Gasteiger partial charge on any atom is -0.387 e. The van der Waals surface area contributed by atoms with Crippen LogP contribution < -0.4 is 17.6 Å². The number of imidazole rings is 2. The molecule has 0 amide bonds. The van der Waals surface area contributed by atoms with Gasteiger partial charge in [0.05, 0.1) is 25.9 Å². The summed E-state index contributed by atoms with van der Waals surface area (Å²) in [6.45, 7) is -2.05. The molecule has 6 rings (SSSR count). The first kappa shape index (κ1) is 38.1. The molecule has 0 aromatic carbocycles. The van der Waals surface area contributed by atoms with E-state index in [1.54, 1.807) is 0 Å². The van der Waals surface area contributed by atoms with Gasteiger partial charge in [-0.25, -0.2) is 43.6 Å². The molecule has 2 aliphatic heterocycles. The molecular weight excluding hydrogens is 743 g/mol. The van der Waals surface area contributed by atoms with E-state index < -0.39 is 85.8 Å². The van der Waals surface area contributed by atoms with E-state index in [0.717, 1.165) is 12.7 Å². The SMILES string of the molecule is N.Nc1ncnc2c1ncn2[C@@H]1O[C@H](COP(=O)(O)OP(=O)(O)OP(=O)(O)OC[C@H]2O[C@@H](n3cnc4c(N)ncnc43)[C@H](O)[C@@H]2O)[C@@H](O)[C@H]1O. The predicted molar refractivity (Wildman–Crippen MR) is 160 cm³/mol. The summed E-state index contributed by atoms with van der Waals surface area (Å²) in [5.41, 5.74) is 12.0. The van der Waals surface area contributed by atoms with Crippen molar-refractivity contribution in [1.29, 1.82) is 0 Å². The van der Waals surface area contributed by atoms with Crippen LogP contribution in [0.1, 0.15) is 12.5 Å². The molecule has 4 aromatic rings. The molecule has 0 spiro atoms. The zero-order chi connectivity index (χ0) is 35.5. The molecule has 27 nitrogen and oxygen atoms in total. The summed E-state index contributed by atoms with van der Waals surface area (Å²) in [4.78, 5) is 53.5. The Labute approximate surface area is 277 Å². The molecular formula is C20H30N11O16P3. The molecule has 2 fully saturated rings. The zero-order valence-electron chi connectivity index (χ0n) is 24.9. The molecule has 2 saturated heterocycles. The van der Waals surface area contributed by atoms with Gasteiger partial charge in [-0.3, -0.25) is 18.2 Å². The average molecular weight is 773 g/mol. The second kappa shape index (κ2) is 14.1. The number of aromatic nitrogens is 8. The number of ether oxygens (including phenoxy) is 2. The molecule has 2 unspecified atom stereocenters. The van der Waals surface area contributed by atoms with E-state index in [4.69, 9.17) is 20.9 Å². The number of anilines is 2. The van der Waals surface area contributed by atoms with Crippen LogP contribution in [0.25, 0.3) is 22.3 Å². The van der Waals surface area contributed by atoms with Crippen molar-refractivity contribution >= 4 is 57.4 Å². The van der Waals surface area contributed by atoms with Crippen LogP contribution in [0.5, 0.6) is 0 Å². The molecule has 2 aliphatic rings. The molecule has 276 valence electrons. The van der Waals surface area contributed by atoms with E-state index in [9.17, 15) is 48.8 Å². The molecule has 0 bridgehead atoms. The first-order chi connectivity index (χ1) is 23.0. The minimum atomic E-state index is -5.94. The Bertz CT molecular complexity index is 1870. The fraction of sp³-hybridized carbons (Fsp3) is 0.500. The van der Waals surface area contributed by atoms with Gasteiger partial charge in [0.15, 0.2) is 35.4 Å². The highest BCUT2D eigenvalue weighted by atomic mass is 31.3. The van der Waals surface area contributed by atoms with Crippen LogP contribution >= 0.6 is 23.5 Å². The number of phosphoric acid groups is 3. The fourth-order valence-electron chi connectivity index (χ4n) is 4.96. The van der Waals surface area contributed by atoms with Crippen molar-refractivity contribution in [3.63, 3.8) is 0 Å². The number of nitrogens with zero attached hydrogens (tertiary/aromatic N) is 8. The van der Waals surface area contributed by atoms with E-state index in [1.165, 1.54) is 21.8 Å². The molecule has 4 aromatic heterocycles. The lowest BCUT2D eigenvalue weighted by Crippen LogP contribution is -2.33. The van der Waals surface area contributed by atoms with Crippen molar-refractivity contribution in [3.8, 4) is 0 Å². The van der Waals surface area contributed by atoms with E-state index >= 15 is 0 Å². The standard InChI is InChI=1S/C20H27N10O16P3.H3N/c21-15-9-17(25-3-23-15)29(5-27-9)19-13(33)11(31)7(43-19)1-41-47(35,36)45-49(39,40)46-48(37,38)42-2-8-12(32)14(34)20(44-8)30-6-28-10-16(22)24-4-26-18(10)30;/h3-8,11-14,19-20,31-34H,1-2H2,(H,35,36)(H,37,38)(H,39,40)(H2,21,23,25)(H2,22,24,26);1H3/t7-,8-,11-,12-,13-,14-,19-,20-;/m1./s1. The van der Waals surface area contributed by atoms with E-state index in [-0.39, 0.29) is 40.1 Å².